The number of nitriles is 1. The van der Waals surface area contributed by atoms with Crippen molar-refractivity contribution < 1.29 is 28.6 Å². The molecule has 22 heavy (non-hydrogen) atoms. The van der Waals surface area contributed by atoms with Crippen molar-refractivity contribution in [2.24, 2.45) is 17.3 Å². The molecule has 7 nitrogen and oxygen atoms in total. The minimum absolute atomic E-state index is 0.127. The summed E-state index contributed by atoms with van der Waals surface area (Å²) >= 11 is 0. The van der Waals surface area contributed by atoms with Gasteiger partial charge in [0.2, 0.25) is 0 Å². The Hall–Kier alpha value is -2.36. The van der Waals surface area contributed by atoms with Crippen LogP contribution in [0.15, 0.2) is 12.2 Å². The fourth-order valence-electron chi connectivity index (χ4n) is 3.83. The number of carbonyl (C=O) groups is 3. The van der Waals surface area contributed by atoms with Gasteiger partial charge < -0.3 is 14.2 Å². The molecule has 2 aliphatic carbocycles. The number of ether oxygens (including phenoxy) is 3. The maximum Gasteiger partial charge on any atom is 0.347 e. The maximum atomic E-state index is 12.1. The number of hydrogen-bond donors (Lipinski definition) is 0. The molecule has 0 spiro atoms. The summed E-state index contributed by atoms with van der Waals surface area (Å²) in [7, 11) is 0. The van der Waals surface area contributed by atoms with E-state index in [1.54, 1.807) is 0 Å². The molecule has 4 unspecified atom stereocenters. The third kappa shape index (κ3) is 1.83. The van der Waals surface area contributed by atoms with Crippen molar-refractivity contribution in [1.29, 1.82) is 5.26 Å². The van der Waals surface area contributed by atoms with E-state index in [1.807, 2.05) is 0 Å². The Morgan fingerprint density at radius 3 is 2.82 bits per heavy atom. The zero-order valence-corrected chi connectivity index (χ0v) is 12.1. The average molecular weight is 305 g/mol. The van der Waals surface area contributed by atoms with Crippen LogP contribution in [0.1, 0.15) is 26.2 Å². The lowest BCUT2D eigenvalue weighted by atomic mass is 9.74. The van der Waals surface area contributed by atoms with Crippen LogP contribution in [-0.2, 0) is 28.6 Å². The van der Waals surface area contributed by atoms with E-state index in [-0.39, 0.29) is 11.5 Å². The minimum Gasteiger partial charge on any atom is -0.450 e. The Balaban J connectivity index is 1.70. The van der Waals surface area contributed by atoms with E-state index in [0.717, 1.165) is 0 Å². The third-order valence-electron chi connectivity index (χ3n) is 4.66. The smallest absolute Gasteiger partial charge is 0.347 e. The maximum absolute atomic E-state index is 12.1. The van der Waals surface area contributed by atoms with E-state index < -0.39 is 41.6 Å². The highest BCUT2D eigenvalue weighted by Gasteiger charge is 2.76. The molecule has 0 N–H and O–H groups in total. The Labute approximate surface area is 126 Å². The lowest BCUT2D eigenvalue weighted by molar-refractivity contribution is -0.225. The predicted octanol–water partition coefficient (Wildman–Crippen LogP) is 0.842. The van der Waals surface area contributed by atoms with Crippen LogP contribution in [0.5, 0.6) is 0 Å². The normalized spacial score (nSPS) is 37.4. The molecule has 2 saturated carbocycles. The fourth-order valence-corrected chi connectivity index (χ4v) is 3.83. The van der Waals surface area contributed by atoms with Crippen molar-refractivity contribution in [3.63, 3.8) is 0 Å². The first-order chi connectivity index (χ1) is 10.3. The van der Waals surface area contributed by atoms with Crippen LogP contribution in [-0.4, -0.2) is 30.3 Å². The van der Waals surface area contributed by atoms with Crippen molar-refractivity contribution in [3.05, 3.63) is 12.2 Å². The summed E-state index contributed by atoms with van der Waals surface area (Å²) in [6.07, 6.45) is 1.47. The highest BCUT2D eigenvalue weighted by molar-refractivity contribution is 5.89. The van der Waals surface area contributed by atoms with E-state index in [9.17, 15) is 19.6 Å². The van der Waals surface area contributed by atoms with Crippen molar-refractivity contribution in [3.8, 4) is 6.07 Å². The molecule has 0 aromatic heterocycles. The number of esters is 3. The molecule has 3 fully saturated rings. The van der Waals surface area contributed by atoms with Gasteiger partial charge >= 0.3 is 17.9 Å². The first-order valence-electron chi connectivity index (χ1n) is 7.02. The number of hydrogen-bond acceptors (Lipinski definition) is 7. The monoisotopic (exact) mass is 305 g/mol. The van der Waals surface area contributed by atoms with Gasteiger partial charge in [0.1, 0.15) is 0 Å². The second-order valence-corrected chi connectivity index (χ2v) is 6.18. The molecule has 116 valence electrons. The first-order valence-corrected chi connectivity index (χ1v) is 7.02. The fraction of sp³-hybridized carbons (Fsp3) is 0.600. The van der Waals surface area contributed by atoms with Gasteiger partial charge in [0.05, 0.1) is 12.0 Å². The lowest BCUT2D eigenvalue weighted by Gasteiger charge is -2.31. The Morgan fingerprint density at radius 2 is 2.23 bits per heavy atom. The number of carbonyl (C=O) groups excluding carboxylic acids is 3. The number of fused-ring (bicyclic) bond motifs is 1. The average Bonchev–Trinajstić information content (AvgIpc) is 3.02. The van der Waals surface area contributed by atoms with Crippen molar-refractivity contribution in [2.45, 2.75) is 32.0 Å². The van der Waals surface area contributed by atoms with Gasteiger partial charge in [0.25, 0.3) is 5.79 Å². The van der Waals surface area contributed by atoms with Crippen LogP contribution in [0.4, 0.5) is 0 Å². The van der Waals surface area contributed by atoms with Crippen LogP contribution in [0, 0.1) is 28.6 Å². The second-order valence-electron chi connectivity index (χ2n) is 6.18. The van der Waals surface area contributed by atoms with Gasteiger partial charge in [-0.2, -0.15) is 5.26 Å². The summed E-state index contributed by atoms with van der Waals surface area (Å²) in [5.74, 6) is -3.81. The van der Waals surface area contributed by atoms with E-state index in [4.69, 9.17) is 14.2 Å². The van der Waals surface area contributed by atoms with Crippen LogP contribution in [0.25, 0.3) is 0 Å². The summed E-state index contributed by atoms with van der Waals surface area (Å²) in [5.41, 5.74) is -1.03. The Kier molecular flexibility index (Phi) is 3.02. The molecule has 3 aliphatic rings. The molecule has 0 aromatic rings. The Bertz CT molecular complexity index is 634. The van der Waals surface area contributed by atoms with Crippen LogP contribution in [0.2, 0.25) is 0 Å². The summed E-state index contributed by atoms with van der Waals surface area (Å²) in [6.45, 7) is 4.28. The quantitative estimate of drug-likeness (QED) is 0.560. The molecule has 4 atom stereocenters. The van der Waals surface area contributed by atoms with Crippen LogP contribution < -0.4 is 0 Å². The second kappa shape index (κ2) is 4.57. The number of rotatable bonds is 4. The number of nitrogens with zero attached hydrogens (tertiary/aromatic N) is 1. The van der Waals surface area contributed by atoms with E-state index >= 15 is 0 Å². The molecule has 0 radical (unpaired) electrons. The van der Waals surface area contributed by atoms with Gasteiger partial charge in [-0.3, -0.25) is 4.79 Å². The Morgan fingerprint density at radius 1 is 1.50 bits per heavy atom. The molecule has 1 saturated heterocycles. The van der Waals surface area contributed by atoms with Crippen LogP contribution in [0.3, 0.4) is 0 Å². The van der Waals surface area contributed by atoms with Gasteiger partial charge in [-0.1, -0.05) is 6.58 Å². The molecule has 2 bridgehead atoms. The third-order valence-corrected chi connectivity index (χ3v) is 4.66. The topological polar surface area (TPSA) is 103 Å². The molecule has 1 heterocycles. The van der Waals surface area contributed by atoms with E-state index in [0.29, 0.717) is 19.3 Å². The van der Waals surface area contributed by atoms with Crippen molar-refractivity contribution in [1.82, 2.24) is 0 Å². The van der Waals surface area contributed by atoms with Gasteiger partial charge in [-0.05, 0) is 25.7 Å². The summed E-state index contributed by atoms with van der Waals surface area (Å²) < 4.78 is 15.3. The largest absolute Gasteiger partial charge is 0.450 e. The molecular weight excluding hydrogens is 290 g/mol. The molecule has 0 aromatic carbocycles. The van der Waals surface area contributed by atoms with Gasteiger partial charge in [-0.15, -0.1) is 0 Å². The zero-order valence-electron chi connectivity index (χ0n) is 12.1. The van der Waals surface area contributed by atoms with Gasteiger partial charge in [0.15, 0.2) is 12.0 Å². The van der Waals surface area contributed by atoms with E-state index in [2.05, 4.69) is 12.6 Å². The molecule has 1 aliphatic heterocycles. The SMILES string of the molecule is C=C(C)C(=O)OCC(=O)OC12CC3CC1C(C#N)(C3)C(=O)O2. The van der Waals surface area contributed by atoms with Crippen molar-refractivity contribution >= 4 is 17.9 Å². The molecule has 0 amide bonds. The molecular formula is C15H15NO6. The predicted molar refractivity (Wildman–Crippen MR) is 69.6 cm³/mol. The van der Waals surface area contributed by atoms with E-state index in [1.165, 1.54) is 6.92 Å². The standard InChI is InChI=1S/C15H15NO6/c1-8(2)12(18)20-6-11(17)21-15-5-9-3-10(15)14(4-9,7-16)13(19)22-15/h9-10H,1,3-6H2,2H3. The van der Waals surface area contributed by atoms with Crippen LogP contribution >= 0.6 is 0 Å². The summed E-state index contributed by atoms with van der Waals surface area (Å²) in [5, 5.41) is 9.35. The summed E-state index contributed by atoms with van der Waals surface area (Å²) in [6, 6.07) is 2.05. The lowest BCUT2D eigenvalue weighted by Crippen LogP contribution is -2.43. The summed E-state index contributed by atoms with van der Waals surface area (Å²) in [4.78, 5) is 35.2. The minimum atomic E-state index is -1.37. The van der Waals surface area contributed by atoms with Crippen molar-refractivity contribution in [2.75, 3.05) is 6.61 Å². The zero-order chi connectivity index (χ0) is 16.1. The van der Waals surface area contributed by atoms with Gasteiger partial charge in [0, 0.05) is 12.0 Å². The molecule has 3 rings (SSSR count). The highest BCUT2D eigenvalue weighted by Crippen LogP contribution is 2.66. The first kappa shape index (κ1) is 14.6. The highest BCUT2D eigenvalue weighted by atomic mass is 16.7. The van der Waals surface area contributed by atoms with Gasteiger partial charge in [-0.25, -0.2) is 9.59 Å². The molecule has 7 heteroatoms.